The molecule has 0 bridgehead atoms. The Morgan fingerprint density at radius 3 is 2.65 bits per heavy atom. The fourth-order valence-electron chi connectivity index (χ4n) is 1.73. The third kappa shape index (κ3) is 2.52. The van der Waals surface area contributed by atoms with Crippen LogP contribution in [0, 0.1) is 10.1 Å². The Labute approximate surface area is 121 Å². The van der Waals surface area contributed by atoms with Crippen molar-refractivity contribution in [1.82, 2.24) is 15.0 Å². The van der Waals surface area contributed by atoms with Crippen molar-refractivity contribution in [2.45, 2.75) is 0 Å². The Morgan fingerprint density at radius 1 is 1.45 bits per heavy atom. The molecule has 0 aliphatic rings. The fraction of sp³-hybridized carbons (Fsp3) is 0.182. The van der Waals surface area contributed by atoms with E-state index in [2.05, 4.69) is 31.0 Å². The summed E-state index contributed by atoms with van der Waals surface area (Å²) in [7, 11) is 2.85. The van der Waals surface area contributed by atoms with Crippen LogP contribution in [0.15, 0.2) is 22.8 Å². The van der Waals surface area contributed by atoms with E-state index < -0.39 is 10.9 Å². The van der Waals surface area contributed by atoms with Crippen LogP contribution in [-0.4, -0.2) is 33.0 Å². The third-order valence-electron chi connectivity index (χ3n) is 2.61. The number of benzene rings is 1. The Bertz CT molecular complexity index is 678. The molecule has 8 nitrogen and oxygen atoms in total. The summed E-state index contributed by atoms with van der Waals surface area (Å²) in [6, 6.07) is 3.99. The summed E-state index contributed by atoms with van der Waals surface area (Å²) >= 11 is 3.21. The highest BCUT2D eigenvalue weighted by Gasteiger charge is 2.19. The molecule has 0 atom stereocenters. The molecule has 1 heterocycles. The number of non-ortho nitro benzene ring substituents is 1. The maximum absolute atomic E-state index is 11.6. The molecule has 20 heavy (non-hydrogen) atoms. The van der Waals surface area contributed by atoms with Crippen molar-refractivity contribution in [3.05, 3.63) is 38.5 Å². The Morgan fingerprint density at radius 2 is 2.15 bits per heavy atom. The van der Waals surface area contributed by atoms with Crippen molar-refractivity contribution in [1.29, 1.82) is 0 Å². The zero-order valence-electron chi connectivity index (χ0n) is 10.5. The van der Waals surface area contributed by atoms with E-state index in [0.717, 1.165) is 6.07 Å². The number of ether oxygens (including phenoxy) is 1. The van der Waals surface area contributed by atoms with Gasteiger partial charge in [0.2, 0.25) is 0 Å². The molecule has 0 amide bonds. The minimum Gasteiger partial charge on any atom is -0.465 e. The van der Waals surface area contributed by atoms with Crippen molar-refractivity contribution in [3.8, 4) is 11.3 Å². The van der Waals surface area contributed by atoms with Crippen LogP contribution in [0.3, 0.4) is 0 Å². The number of hydrogen-bond donors (Lipinski definition) is 0. The molecule has 1 aromatic carbocycles. The maximum atomic E-state index is 11.6. The quantitative estimate of drug-likeness (QED) is 0.480. The molecule has 0 saturated carbocycles. The van der Waals surface area contributed by atoms with Gasteiger partial charge < -0.3 is 4.74 Å². The van der Waals surface area contributed by atoms with Crippen LogP contribution < -0.4 is 0 Å². The molecule has 0 aliphatic carbocycles. The minimum absolute atomic E-state index is 0.0878. The first-order valence-electron chi connectivity index (χ1n) is 5.37. The number of esters is 1. The van der Waals surface area contributed by atoms with Gasteiger partial charge in [-0.25, -0.2) is 9.48 Å². The standard InChI is InChI=1S/C11H9BrN4O4/c1-15-9(10(12)13-14-15)6-3-7(11(17)20-2)5-8(4-6)16(18)19/h3-5H,1-2H3. The van der Waals surface area contributed by atoms with Crippen molar-refractivity contribution < 1.29 is 14.5 Å². The van der Waals surface area contributed by atoms with E-state index in [1.54, 1.807) is 7.05 Å². The maximum Gasteiger partial charge on any atom is 0.338 e. The summed E-state index contributed by atoms with van der Waals surface area (Å²) in [5.41, 5.74) is 0.846. The number of halogens is 1. The average Bonchev–Trinajstić information content (AvgIpc) is 2.76. The number of rotatable bonds is 3. The van der Waals surface area contributed by atoms with E-state index in [1.807, 2.05) is 0 Å². The number of methoxy groups -OCH3 is 1. The topological polar surface area (TPSA) is 100 Å². The van der Waals surface area contributed by atoms with E-state index in [4.69, 9.17) is 0 Å². The van der Waals surface area contributed by atoms with Gasteiger partial charge in [-0.1, -0.05) is 5.21 Å². The molecule has 0 unspecified atom stereocenters. The smallest absolute Gasteiger partial charge is 0.338 e. The lowest BCUT2D eigenvalue weighted by molar-refractivity contribution is -0.384. The van der Waals surface area contributed by atoms with Crippen LogP contribution >= 0.6 is 15.9 Å². The molecule has 0 N–H and O–H groups in total. The highest BCUT2D eigenvalue weighted by atomic mass is 79.9. The van der Waals surface area contributed by atoms with Crippen LogP contribution in [0.2, 0.25) is 0 Å². The number of aryl methyl sites for hydroxylation is 1. The highest BCUT2D eigenvalue weighted by Crippen LogP contribution is 2.30. The van der Waals surface area contributed by atoms with Gasteiger partial charge in [-0.05, 0) is 22.0 Å². The van der Waals surface area contributed by atoms with Crippen molar-refractivity contribution in [2.24, 2.45) is 7.05 Å². The number of nitro groups is 1. The lowest BCUT2D eigenvalue weighted by Gasteiger charge is -2.05. The average molecular weight is 341 g/mol. The molecule has 2 aromatic rings. The normalized spacial score (nSPS) is 10.3. The molecule has 0 radical (unpaired) electrons. The summed E-state index contributed by atoms with van der Waals surface area (Å²) in [4.78, 5) is 22.0. The molecule has 1 aromatic heterocycles. The van der Waals surface area contributed by atoms with E-state index in [1.165, 1.54) is 23.9 Å². The van der Waals surface area contributed by atoms with Gasteiger partial charge in [-0.3, -0.25) is 10.1 Å². The van der Waals surface area contributed by atoms with Crippen LogP contribution in [0.4, 0.5) is 5.69 Å². The van der Waals surface area contributed by atoms with E-state index in [0.29, 0.717) is 15.9 Å². The van der Waals surface area contributed by atoms with E-state index in [9.17, 15) is 14.9 Å². The van der Waals surface area contributed by atoms with E-state index >= 15 is 0 Å². The minimum atomic E-state index is -0.652. The van der Waals surface area contributed by atoms with Gasteiger partial charge >= 0.3 is 5.97 Å². The summed E-state index contributed by atoms with van der Waals surface area (Å²) < 4.78 is 6.47. The molecule has 2 rings (SSSR count). The predicted octanol–water partition coefficient (Wildman–Crippen LogP) is 1.94. The lowest BCUT2D eigenvalue weighted by atomic mass is 10.1. The second-order valence-corrected chi connectivity index (χ2v) is 4.62. The SMILES string of the molecule is COC(=O)c1cc(-c2c(Br)nnn2C)cc([N+](=O)[O-])c1. The van der Waals surface area contributed by atoms with Gasteiger partial charge in [0.1, 0.15) is 5.69 Å². The molecule has 104 valence electrons. The number of carbonyl (C=O) groups is 1. The summed E-state index contributed by atoms with van der Waals surface area (Å²) in [6.45, 7) is 0. The molecule has 0 spiro atoms. The van der Waals surface area contributed by atoms with E-state index in [-0.39, 0.29) is 11.3 Å². The first kappa shape index (κ1) is 14.1. The molecule has 0 saturated heterocycles. The highest BCUT2D eigenvalue weighted by molar-refractivity contribution is 9.10. The second-order valence-electron chi connectivity index (χ2n) is 3.87. The van der Waals surface area contributed by atoms with Crippen molar-refractivity contribution in [3.63, 3.8) is 0 Å². The van der Waals surface area contributed by atoms with Crippen molar-refractivity contribution in [2.75, 3.05) is 7.11 Å². The summed E-state index contributed by atoms with van der Waals surface area (Å²) in [5.74, 6) is -0.652. The lowest BCUT2D eigenvalue weighted by Crippen LogP contribution is -2.04. The van der Waals surface area contributed by atoms with Gasteiger partial charge in [0.05, 0.1) is 17.6 Å². The van der Waals surface area contributed by atoms with Gasteiger partial charge in [0, 0.05) is 24.7 Å². The van der Waals surface area contributed by atoms with Crippen molar-refractivity contribution >= 4 is 27.6 Å². The van der Waals surface area contributed by atoms with Crippen LogP contribution in [0.1, 0.15) is 10.4 Å². The van der Waals surface area contributed by atoms with Crippen LogP contribution in [0.5, 0.6) is 0 Å². The zero-order chi connectivity index (χ0) is 14.9. The number of nitro benzene ring substituents is 1. The number of hydrogen-bond acceptors (Lipinski definition) is 6. The predicted molar refractivity (Wildman–Crippen MR) is 72.1 cm³/mol. The third-order valence-corrected chi connectivity index (χ3v) is 3.14. The first-order valence-corrected chi connectivity index (χ1v) is 6.16. The molecule has 0 fully saturated rings. The van der Waals surface area contributed by atoms with Crippen LogP contribution in [-0.2, 0) is 11.8 Å². The Kier molecular flexibility index (Phi) is 3.79. The molecule has 0 aliphatic heterocycles. The summed E-state index contributed by atoms with van der Waals surface area (Å²) in [5, 5.41) is 18.6. The number of aromatic nitrogens is 3. The second kappa shape index (κ2) is 5.37. The van der Waals surface area contributed by atoms with Gasteiger partial charge in [0.15, 0.2) is 4.60 Å². The monoisotopic (exact) mass is 340 g/mol. The number of carbonyl (C=O) groups excluding carboxylic acids is 1. The molecule has 9 heteroatoms. The molecular weight excluding hydrogens is 332 g/mol. The Balaban J connectivity index is 2.67. The van der Waals surface area contributed by atoms with Gasteiger partial charge in [-0.2, -0.15) is 0 Å². The molecular formula is C11H9BrN4O4. The Hall–Kier alpha value is -2.29. The summed E-state index contributed by atoms with van der Waals surface area (Å²) in [6.07, 6.45) is 0. The zero-order valence-corrected chi connectivity index (χ0v) is 12.1. The number of nitrogens with zero attached hydrogens (tertiary/aromatic N) is 4. The van der Waals surface area contributed by atoms with Gasteiger partial charge in [0.25, 0.3) is 5.69 Å². The van der Waals surface area contributed by atoms with Crippen LogP contribution in [0.25, 0.3) is 11.3 Å². The largest absolute Gasteiger partial charge is 0.465 e. The fourth-order valence-corrected chi connectivity index (χ4v) is 2.28. The first-order chi connectivity index (χ1) is 9.43. The van der Waals surface area contributed by atoms with Gasteiger partial charge in [-0.15, -0.1) is 5.10 Å².